The fraction of sp³-hybridized carbons (Fsp3) is 0.222. The Bertz CT molecular complexity index is 638. The van der Waals surface area contributed by atoms with Gasteiger partial charge in [-0.3, -0.25) is 0 Å². The lowest BCUT2D eigenvalue weighted by molar-refractivity contribution is 0.401. The Morgan fingerprint density at radius 1 is 1.10 bits per heavy atom. The monoisotopic (exact) mass is 265 g/mol. The molecular weight excluding hydrogens is 246 g/mol. The summed E-state index contributed by atoms with van der Waals surface area (Å²) in [5.74, 6) is 4.31. The minimum Gasteiger partial charge on any atom is -0.457 e. The van der Waals surface area contributed by atoms with Gasteiger partial charge in [-0.25, -0.2) is 0 Å². The van der Waals surface area contributed by atoms with Crippen LogP contribution < -0.4 is 4.74 Å². The van der Waals surface area contributed by atoms with E-state index in [4.69, 9.17) is 11.2 Å². The van der Waals surface area contributed by atoms with Crippen molar-refractivity contribution in [3.63, 3.8) is 0 Å². The molecular formula is C18H19NO. The predicted molar refractivity (Wildman–Crippen MR) is 83.0 cm³/mol. The van der Waals surface area contributed by atoms with Gasteiger partial charge in [-0.2, -0.15) is 0 Å². The van der Waals surface area contributed by atoms with Gasteiger partial charge < -0.3 is 9.64 Å². The Kier molecular flexibility index (Phi) is 4.45. The highest BCUT2D eigenvalue weighted by Crippen LogP contribution is 2.24. The van der Waals surface area contributed by atoms with Crippen LogP contribution in [0.1, 0.15) is 16.7 Å². The number of benzene rings is 2. The lowest BCUT2D eigenvalue weighted by atomic mass is 10.1. The molecule has 0 aliphatic rings. The van der Waals surface area contributed by atoms with Gasteiger partial charge in [-0.1, -0.05) is 18.1 Å². The Morgan fingerprint density at radius 2 is 1.85 bits per heavy atom. The fourth-order valence-electron chi connectivity index (χ4n) is 2.07. The van der Waals surface area contributed by atoms with Crippen molar-refractivity contribution in [2.75, 3.05) is 14.1 Å². The van der Waals surface area contributed by atoms with Crippen molar-refractivity contribution in [2.24, 2.45) is 0 Å². The molecule has 0 fully saturated rings. The third-order valence-electron chi connectivity index (χ3n) is 2.99. The number of ether oxygens (including phenoxy) is 1. The standard InChI is InChI=1S/C18H19NO/c1-5-16-9-10-18(11-14(16)2)20-17-8-6-7-15(12-17)13-19(3)4/h1,6-12H,13H2,2-4H3. The summed E-state index contributed by atoms with van der Waals surface area (Å²) in [5.41, 5.74) is 3.18. The lowest BCUT2D eigenvalue weighted by Crippen LogP contribution is -2.10. The molecule has 2 heteroatoms. The van der Waals surface area contributed by atoms with Crippen LogP contribution in [0.4, 0.5) is 0 Å². The maximum Gasteiger partial charge on any atom is 0.127 e. The van der Waals surface area contributed by atoms with E-state index in [1.54, 1.807) is 0 Å². The Balaban J connectivity index is 2.18. The predicted octanol–water partition coefficient (Wildman–Crippen LogP) is 3.83. The summed E-state index contributed by atoms with van der Waals surface area (Å²) < 4.78 is 5.89. The molecule has 0 N–H and O–H groups in total. The Hall–Kier alpha value is -2.24. The minimum atomic E-state index is 0.809. The van der Waals surface area contributed by atoms with Gasteiger partial charge in [0.2, 0.25) is 0 Å². The molecule has 0 radical (unpaired) electrons. The summed E-state index contributed by atoms with van der Waals surface area (Å²) >= 11 is 0. The zero-order valence-electron chi connectivity index (χ0n) is 12.2. The van der Waals surface area contributed by atoms with Crippen LogP contribution in [-0.4, -0.2) is 19.0 Å². The number of rotatable bonds is 4. The summed E-state index contributed by atoms with van der Waals surface area (Å²) in [4.78, 5) is 2.13. The molecule has 0 atom stereocenters. The largest absolute Gasteiger partial charge is 0.457 e. The van der Waals surface area contributed by atoms with Crippen LogP contribution in [0.25, 0.3) is 0 Å². The van der Waals surface area contributed by atoms with Gasteiger partial charge in [0.15, 0.2) is 0 Å². The lowest BCUT2D eigenvalue weighted by Gasteiger charge is -2.12. The highest BCUT2D eigenvalue weighted by molar-refractivity contribution is 5.45. The molecule has 0 aromatic heterocycles. The molecule has 0 spiro atoms. The van der Waals surface area contributed by atoms with E-state index in [0.717, 1.165) is 29.2 Å². The van der Waals surface area contributed by atoms with E-state index < -0.39 is 0 Å². The first-order chi connectivity index (χ1) is 9.58. The Morgan fingerprint density at radius 3 is 2.50 bits per heavy atom. The van der Waals surface area contributed by atoms with Crippen LogP contribution in [0, 0.1) is 19.3 Å². The molecule has 102 valence electrons. The average Bonchev–Trinajstić information content (AvgIpc) is 2.38. The highest BCUT2D eigenvalue weighted by atomic mass is 16.5. The molecule has 0 amide bonds. The summed E-state index contributed by atoms with van der Waals surface area (Å²) in [6.07, 6.45) is 5.42. The van der Waals surface area contributed by atoms with Gasteiger partial charge in [0.05, 0.1) is 0 Å². The first-order valence-corrected chi connectivity index (χ1v) is 6.57. The summed E-state index contributed by atoms with van der Waals surface area (Å²) in [5, 5.41) is 0. The molecule has 0 heterocycles. The van der Waals surface area contributed by atoms with E-state index >= 15 is 0 Å². The highest BCUT2D eigenvalue weighted by Gasteiger charge is 2.02. The first-order valence-electron chi connectivity index (χ1n) is 6.57. The smallest absolute Gasteiger partial charge is 0.127 e. The summed E-state index contributed by atoms with van der Waals surface area (Å²) in [7, 11) is 4.10. The number of hydrogen-bond donors (Lipinski definition) is 0. The van der Waals surface area contributed by atoms with E-state index in [-0.39, 0.29) is 0 Å². The molecule has 2 aromatic rings. The molecule has 2 rings (SSSR count). The van der Waals surface area contributed by atoms with Crippen molar-refractivity contribution in [3.8, 4) is 23.8 Å². The van der Waals surface area contributed by atoms with Gasteiger partial charge in [0, 0.05) is 12.1 Å². The molecule has 0 unspecified atom stereocenters. The van der Waals surface area contributed by atoms with Crippen LogP contribution in [0.15, 0.2) is 42.5 Å². The number of hydrogen-bond acceptors (Lipinski definition) is 2. The van der Waals surface area contributed by atoms with Crippen molar-refractivity contribution < 1.29 is 4.74 Å². The van der Waals surface area contributed by atoms with Crippen LogP contribution in [0.3, 0.4) is 0 Å². The molecule has 0 aliphatic carbocycles. The van der Waals surface area contributed by atoms with E-state index in [2.05, 4.69) is 37.0 Å². The molecule has 0 bridgehead atoms. The number of terminal acetylenes is 1. The van der Waals surface area contributed by atoms with Crippen molar-refractivity contribution >= 4 is 0 Å². The Labute approximate surface area is 121 Å². The van der Waals surface area contributed by atoms with Crippen molar-refractivity contribution in [1.29, 1.82) is 0 Å². The topological polar surface area (TPSA) is 12.5 Å². The van der Waals surface area contributed by atoms with Gasteiger partial charge >= 0.3 is 0 Å². The van der Waals surface area contributed by atoms with Crippen LogP contribution in [-0.2, 0) is 6.54 Å². The van der Waals surface area contributed by atoms with Gasteiger partial charge in [-0.05, 0) is 62.5 Å². The van der Waals surface area contributed by atoms with Crippen LogP contribution in [0.2, 0.25) is 0 Å². The SMILES string of the molecule is C#Cc1ccc(Oc2cccc(CN(C)C)c2)cc1C. The normalized spacial score (nSPS) is 10.3. The zero-order chi connectivity index (χ0) is 14.5. The minimum absolute atomic E-state index is 0.809. The van der Waals surface area contributed by atoms with Crippen LogP contribution >= 0.6 is 0 Å². The maximum atomic E-state index is 5.89. The average molecular weight is 265 g/mol. The van der Waals surface area contributed by atoms with E-state index in [1.165, 1.54) is 5.56 Å². The van der Waals surface area contributed by atoms with E-state index in [9.17, 15) is 0 Å². The molecule has 2 nitrogen and oxygen atoms in total. The zero-order valence-corrected chi connectivity index (χ0v) is 12.2. The third kappa shape index (κ3) is 3.63. The molecule has 0 saturated carbocycles. The van der Waals surface area contributed by atoms with Gasteiger partial charge in [-0.15, -0.1) is 6.42 Å². The first kappa shape index (κ1) is 14.2. The van der Waals surface area contributed by atoms with Gasteiger partial charge in [0.1, 0.15) is 11.5 Å². The van der Waals surface area contributed by atoms with Crippen molar-refractivity contribution in [3.05, 3.63) is 59.2 Å². The number of nitrogens with zero attached hydrogens (tertiary/aromatic N) is 1. The van der Waals surface area contributed by atoms with Gasteiger partial charge in [0.25, 0.3) is 0 Å². The van der Waals surface area contributed by atoms with E-state index in [1.807, 2.05) is 37.3 Å². The second kappa shape index (κ2) is 6.27. The van der Waals surface area contributed by atoms with Crippen LogP contribution in [0.5, 0.6) is 11.5 Å². The summed E-state index contributed by atoms with van der Waals surface area (Å²) in [6.45, 7) is 2.89. The van der Waals surface area contributed by atoms with Crippen molar-refractivity contribution in [1.82, 2.24) is 4.90 Å². The fourth-order valence-corrected chi connectivity index (χ4v) is 2.07. The third-order valence-corrected chi connectivity index (χ3v) is 2.99. The molecule has 0 aliphatic heterocycles. The summed E-state index contributed by atoms with van der Waals surface area (Å²) in [6, 6.07) is 13.9. The quantitative estimate of drug-likeness (QED) is 0.779. The molecule has 2 aromatic carbocycles. The second-order valence-corrected chi connectivity index (χ2v) is 5.11. The number of aryl methyl sites for hydroxylation is 1. The molecule has 0 saturated heterocycles. The second-order valence-electron chi connectivity index (χ2n) is 5.11. The maximum absolute atomic E-state index is 5.89. The van der Waals surface area contributed by atoms with Crippen molar-refractivity contribution in [2.45, 2.75) is 13.5 Å². The van der Waals surface area contributed by atoms with E-state index in [0.29, 0.717) is 0 Å². The molecule has 20 heavy (non-hydrogen) atoms.